The average Bonchev–Trinajstić information content (AvgIpc) is 2.94. The van der Waals surface area contributed by atoms with Crippen molar-refractivity contribution in [1.29, 1.82) is 5.41 Å². The first-order chi connectivity index (χ1) is 18.8. The van der Waals surface area contributed by atoms with Crippen LogP contribution in [0.15, 0.2) is 78.9 Å². The third kappa shape index (κ3) is 7.99. The van der Waals surface area contributed by atoms with E-state index in [0.717, 1.165) is 22.9 Å². The summed E-state index contributed by atoms with van der Waals surface area (Å²) in [4.78, 5) is 17.1. The Kier molecular flexibility index (Phi) is 11.9. The molecule has 0 aliphatic carbocycles. The van der Waals surface area contributed by atoms with E-state index in [1.807, 2.05) is 41.3 Å². The van der Waals surface area contributed by atoms with Crippen LogP contribution in [0.1, 0.15) is 18.1 Å². The minimum Gasteiger partial charge on any atom is -0.699 e. The maximum absolute atomic E-state index is 12.8. The van der Waals surface area contributed by atoms with Gasteiger partial charge in [0.1, 0.15) is 11.5 Å². The Bertz CT molecular complexity index is 1480. The van der Waals surface area contributed by atoms with Gasteiger partial charge >= 0.3 is 51.4 Å². The van der Waals surface area contributed by atoms with E-state index in [2.05, 4.69) is 43.0 Å². The van der Waals surface area contributed by atoms with Crippen LogP contribution in [0.4, 0.5) is 11.4 Å². The largest absolute Gasteiger partial charge is 1.00 e. The van der Waals surface area contributed by atoms with Gasteiger partial charge in [-0.05, 0) is 55.1 Å². The van der Waals surface area contributed by atoms with Crippen LogP contribution in [-0.4, -0.2) is 54.4 Å². The second-order valence-corrected chi connectivity index (χ2v) is 9.93. The van der Waals surface area contributed by atoms with E-state index in [9.17, 15) is 4.79 Å². The summed E-state index contributed by atoms with van der Waals surface area (Å²) in [5.41, 5.74) is 10.6. The zero-order valence-electron chi connectivity index (χ0n) is 23.0. The molecule has 3 N–H and O–H groups in total. The Morgan fingerprint density at radius 1 is 1.07 bits per heavy atom. The molecule has 202 valence electrons. The smallest absolute Gasteiger partial charge is 0.699 e. The Morgan fingerprint density at radius 3 is 2.48 bits per heavy atom. The van der Waals surface area contributed by atoms with Crippen molar-refractivity contribution in [2.24, 2.45) is 0 Å². The zero-order chi connectivity index (χ0) is 27.9. The number of halogens is 1. The summed E-state index contributed by atoms with van der Waals surface area (Å²) >= 11 is 5.44. The molecule has 1 heterocycles. The maximum Gasteiger partial charge on any atom is 1.00 e. The first-order valence-corrected chi connectivity index (χ1v) is 13.1. The monoisotopic (exact) mass is 582 g/mol. The molecule has 0 bridgehead atoms. The summed E-state index contributed by atoms with van der Waals surface area (Å²) in [6.07, 6.45) is 1.34. The Labute approximate surface area is 282 Å². The molecule has 0 saturated carbocycles. The van der Waals surface area contributed by atoms with Gasteiger partial charge in [-0.1, -0.05) is 60.1 Å². The van der Waals surface area contributed by atoms with E-state index in [-0.39, 0.29) is 80.7 Å². The Morgan fingerprint density at radius 2 is 1.82 bits per heavy atom. The van der Waals surface area contributed by atoms with E-state index in [4.69, 9.17) is 32.6 Å². The van der Waals surface area contributed by atoms with Gasteiger partial charge in [-0.3, -0.25) is 4.79 Å². The zero-order valence-corrected chi connectivity index (χ0v) is 26.9. The van der Waals surface area contributed by atoms with Crippen LogP contribution in [0.25, 0.3) is 16.5 Å². The van der Waals surface area contributed by atoms with Gasteiger partial charge in [-0.25, -0.2) is 0 Å². The number of aryl methyl sites for hydroxylation is 1. The minimum atomic E-state index is 0. The number of piperazine rings is 1. The number of ether oxygens (including phenoxy) is 1. The second kappa shape index (κ2) is 14.9. The fraction of sp³-hybridized carbons (Fsp3) is 0.226. The number of amides is 1. The molecule has 1 saturated heterocycles. The number of nitrogens with zero attached hydrogens (tertiary/aromatic N) is 2. The molecule has 4 aromatic rings. The molecular formula is C31H32ClKN4O3. The van der Waals surface area contributed by atoms with Gasteiger partial charge in [0, 0.05) is 48.5 Å². The van der Waals surface area contributed by atoms with Gasteiger partial charge in [0.2, 0.25) is 0 Å². The molecule has 5 rings (SSSR count). The Hall–Kier alpha value is -2.59. The molecule has 1 aliphatic rings. The van der Waals surface area contributed by atoms with Gasteiger partial charge < -0.3 is 30.8 Å². The van der Waals surface area contributed by atoms with E-state index in [0.29, 0.717) is 24.5 Å². The van der Waals surface area contributed by atoms with Gasteiger partial charge in [0.15, 0.2) is 6.61 Å². The molecule has 1 amide bonds. The van der Waals surface area contributed by atoms with E-state index in [1.165, 1.54) is 35.7 Å². The van der Waals surface area contributed by atoms with Crippen molar-refractivity contribution in [3.63, 3.8) is 0 Å². The number of hydrogen-bond donors (Lipinski definition) is 2. The predicted octanol–water partition coefficient (Wildman–Crippen LogP) is 4.00. The number of hydrogen-bond acceptors (Lipinski definition) is 5. The van der Waals surface area contributed by atoms with Gasteiger partial charge in [0.05, 0.1) is 5.02 Å². The van der Waals surface area contributed by atoms with Crippen LogP contribution < -0.4 is 61.0 Å². The Balaban J connectivity index is 0.000000377. The minimum absolute atomic E-state index is 0. The van der Waals surface area contributed by atoms with Crippen molar-refractivity contribution in [2.75, 3.05) is 31.1 Å². The molecule has 1 aliphatic heterocycles. The normalized spacial score (nSPS) is 14.5. The van der Waals surface area contributed by atoms with Crippen LogP contribution >= 0.6 is 11.6 Å². The summed E-state index contributed by atoms with van der Waals surface area (Å²) in [5.74, 6) is 0.703. The molecule has 7 nitrogen and oxygen atoms in total. The number of nitrogens with one attached hydrogen (secondary N) is 2. The predicted molar refractivity (Wildman–Crippen MR) is 159 cm³/mol. The molecule has 1 fully saturated rings. The molecule has 40 heavy (non-hydrogen) atoms. The molecule has 1 unspecified atom stereocenters. The molecule has 0 radical (unpaired) electrons. The van der Waals surface area contributed by atoms with Crippen molar-refractivity contribution in [1.82, 2.24) is 4.90 Å². The van der Waals surface area contributed by atoms with Gasteiger partial charge in [-0.2, -0.15) is 0 Å². The fourth-order valence-corrected chi connectivity index (χ4v) is 4.84. The number of carbonyl (C=O) groups excluding carboxylic acids is 1. The first-order valence-electron chi connectivity index (χ1n) is 12.7. The summed E-state index contributed by atoms with van der Waals surface area (Å²) in [5, 5.41) is 18.5. The standard InChI is InChI=1S/C25H27N3O2.C6H5ClNO.K/c1-18-6-5-7-21(14-18)28-13-12-27(16-19(28)2)25(29)17-30-24-11-10-20(15-26)22-8-3-4-9-23(22)24;7-5-3-4(8)1-2-6(5)9;/h3-11,14-15,19,26H,12-13,16-17H2,1-2H3;1-3,8-9H;/q;-1;+1. The van der Waals surface area contributed by atoms with Crippen molar-refractivity contribution in [3.8, 4) is 11.5 Å². The molecular weight excluding hydrogens is 551 g/mol. The number of benzene rings is 4. The number of carbonyl (C=O) groups is 1. The van der Waals surface area contributed by atoms with Crippen molar-refractivity contribution in [2.45, 2.75) is 19.9 Å². The third-order valence-corrected chi connectivity index (χ3v) is 6.99. The van der Waals surface area contributed by atoms with Crippen LogP contribution in [0, 0.1) is 12.3 Å². The maximum atomic E-state index is 12.8. The number of phenolic OH excluding ortho intramolecular Hbond substituents is 1. The van der Waals surface area contributed by atoms with Crippen LogP contribution in [0.2, 0.25) is 5.02 Å². The third-order valence-electron chi connectivity index (χ3n) is 6.69. The molecule has 0 aromatic heterocycles. The number of aromatic hydroxyl groups is 1. The molecule has 9 heteroatoms. The van der Waals surface area contributed by atoms with Gasteiger partial charge in [0.25, 0.3) is 5.91 Å². The van der Waals surface area contributed by atoms with Crippen molar-refractivity contribution >= 4 is 45.9 Å². The second-order valence-electron chi connectivity index (χ2n) is 9.52. The number of fused-ring (bicyclic) bond motifs is 1. The molecule has 1 atom stereocenters. The van der Waals surface area contributed by atoms with Crippen LogP contribution in [0.3, 0.4) is 0 Å². The fourth-order valence-electron chi connectivity index (χ4n) is 4.66. The topological polar surface area (TPSA) is 101 Å². The summed E-state index contributed by atoms with van der Waals surface area (Å²) < 4.78 is 5.92. The van der Waals surface area contributed by atoms with E-state index < -0.39 is 0 Å². The van der Waals surface area contributed by atoms with Crippen LogP contribution in [0.5, 0.6) is 11.5 Å². The molecule has 4 aromatic carbocycles. The van der Waals surface area contributed by atoms with Crippen molar-refractivity contribution in [3.05, 3.63) is 101 Å². The summed E-state index contributed by atoms with van der Waals surface area (Å²) in [6.45, 7) is 6.46. The van der Waals surface area contributed by atoms with Crippen molar-refractivity contribution < 1.29 is 66.0 Å². The number of rotatable bonds is 5. The van der Waals surface area contributed by atoms with Gasteiger partial charge in [-0.15, -0.1) is 5.69 Å². The average molecular weight is 583 g/mol. The van der Waals surface area contributed by atoms with Crippen LogP contribution in [-0.2, 0) is 4.79 Å². The molecule has 0 spiro atoms. The SMILES string of the molecule is Cc1cccc(N2CCN(C(=O)COc3ccc(C=N)c4ccccc34)CC2C)c1.[K+].[NH-]c1ccc(O)c(Cl)c1. The summed E-state index contributed by atoms with van der Waals surface area (Å²) in [6, 6.07) is 24.5. The van der Waals surface area contributed by atoms with E-state index in [1.54, 1.807) is 0 Å². The van der Waals surface area contributed by atoms with E-state index >= 15 is 0 Å². The number of phenols is 1. The quantitative estimate of drug-likeness (QED) is 0.211. The summed E-state index contributed by atoms with van der Waals surface area (Å²) in [7, 11) is 0. The number of anilines is 1. The first kappa shape index (κ1) is 31.9.